The average Bonchev–Trinajstić information content (AvgIpc) is 2.73. The molecule has 0 fully saturated rings. The second-order valence-corrected chi connectivity index (χ2v) is 10.2. The van der Waals surface area contributed by atoms with Crippen molar-refractivity contribution in [3.63, 3.8) is 0 Å². The number of rotatable bonds is 7. The predicted molar refractivity (Wildman–Crippen MR) is 119 cm³/mol. The summed E-state index contributed by atoms with van der Waals surface area (Å²) < 4.78 is 55.4. The van der Waals surface area contributed by atoms with Gasteiger partial charge in [-0.3, -0.25) is 14.2 Å². The predicted octanol–water partition coefficient (Wildman–Crippen LogP) is 3.30. The lowest BCUT2D eigenvalue weighted by atomic mass is 10.2. The van der Waals surface area contributed by atoms with E-state index < -0.39 is 20.0 Å². The molecule has 3 rings (SSSR count). The van der Waals surface area contributed by atoms with Crippen LogP contribution in [0.1, 0.15) is 10.4 Å². The van der Waals surface area contributed by atoms with Crippen molar-refractivity contribution in [3.8, 4) is 0 Å². The minimum atomic E-state index is -4.00. The summed E-state index contributed by atoms with van der Waals surface area (Å²) in [6.07, 6.45) is 0. The number of sulfonamides is 2. The largest absolute Gasteiger partial charge is 0.355 e. The first-order valence-electron chi connectivity index (χ1n) is 8.84. The van der Waals surface area contributed by atoms with E-state index in [9.17, 15) is 21.6 Å². The molecule has 0 aliphatic rings. The maximum absolute atomic E-state index is 12.7. The molecule has 0 heterocycles. The van der Waals surface area contributed by atoms with Crippen molar-refractivity contribution in [2.24, 2.45) is 0 Å². The van der Waals surface area contributed by atoms with Crippen molar-refractivity contribution in [2.45, 2.75) is 9.79 Å². The normalized spacial score (nSPS) is 11.5. The second kappa shape index (κ2) is 8.96. The molecule has 0 aromatic heterocycles. The molecule has 3 aromatic carbocycles. The quantitative estimate of drug-likeness (QED) is 0.480. The van der Waals surface area contributed by atoms with Crippen LogP contribution in [0.5, 0.6) is 0 Å². The zero-order valence-electron chi connectivity index (χ0n) is 16.2. The number of amides is 1. The van der Waals surface area contributed by atoms with Gasteiger partial charge in [-0.1, -0.05) is 23.7 Å². The summed E-state index contributed by atoms with van der Waals surface area (Å²) >= 11 is 5.88. The zero-order chi connectivity index (χ0) is 22.6. The Labute approximate surface area is 185 Å². The van der Waals surface area contributed by atoms with Gasteiger partial charge in [-0.05, 0) is 60.7 Å². The Hall–Kier alpha value is -3.08. The smallest absolute Gasteiger partial charge is 0.261 e. The lowest BCUT2D eigenvalue weighted by Crippen LogP contribution is -2.18. The van der Waals surface area contributed by atoms with Crippen LogP contribution in [0.25, 0.3) is 0 Å². The molecule has 0 bridgehead atoms. The van der Waals surface area contributed by atoms with Gasteiger partial charge in [0.15, 0.2) is 0 Å². The summed E-state index contributed by atoms with van der Waals surface area (Å²) in [5, 5.41) is 2.81. The first kappa shape index (κ1) is 22.6. The van der Waals surface area contributed by atoms with Gasteiger partial charge < -0.3 is 5.32 Å². The van der Waals surface area contributed by atoms with Crippen LogP contribution in [0, 0.1) is 0 Å². The van der Waals surface area contributed by atoms with E-state index in [-0.39, 0.29) is 27.1 Å². The van der Waals surface area contributed by atoms with Crippen molar-refractivity contribution in [2.75, 3.05) is 16.5 Å². The third-order valence-electron chi connectivity index (χ3n) is 4.13. The molecule has 31 heavy (non-hydrogen) atoms. The highest BCUT2D eigenvalue weighted by Crippen LogP contribution is 2.23. The summed E-state index contributed by atoms with van der Waals surface area (Å²) in [6, 6.07) is 16.9. The first-order chi connectivity index (χ1) is 14.6. The van der Waals surface area contributed by atoms with Gasteiger partial charge in [-0.25, -0.2) is 16.8 Å². The molecule has 0 saturated heterocycles. The third-order valence-corrected chi connectivity index (χ3v) is 7.14. The molecular weight excluding hydrogens is 462 g/mol. The minimum Gasteiger partial charge on any atom is -0.355 e. The van der Waals surface area contributed by atoms with Crippen LogP contribution in [-0.2, 0) is 20.0 Å². The summed E-state index contributed by atoms with van der Waals surface area (Å²) in [6.45, 7) is 0. The van der Waals surface area contributed by atoms with Gasteiger partial charge in [0.25, 0.3) is 26.0 Å². The monoisotopic (exact) mass is 479 g/mol. The molecular formula is C20H18ClN3O5S2. The van der Waals surface area contributed by atoms with Gasteiger partial charge in [-0.2, -0.15) is 0 Å². The van der Waals surface area contributed by atoms with Crippen LogP contribution in [0.3, 0.4) is 0 Å². The fourth-order valence-corrected chi connectivity index (χ4v) is 4.97. The van der Waals surface area contributed by atoms with Gasteiger partial charge in [-0.15, -0.1) is 0 Å². The van der Waals surface area contributed by atoms with Crippen LogP contribution in [-0.4, -0.2) is 29.8 Å². The van der Waals surface area contributed by atoms with Gasteiger partial charge in [0.2, 0.25) is 0 Å². The van der Waals surface area contributed by atoms with Crippen LogP contribution in [0.2, 0.25) is 5.02 Å². The lowest BCUT2D eigenvalue weighted by Gasteiger charge is -2.12. The van der Waals surface area contributed by atoms with E-state index in [2.05, 4.69) is 14.8 Å². The van der Waals surface area contributed by atoms with Crippen molar-refractivity contribution in [1.82, 2.24) is 5.32 Å². The minimum absolute atomic E-state index is 0.0596. The van der Waals surface area contributed by atoms with Crippen molar-refractivity contribution in [3.05, 3.63) is 83.4 Å². The number of anilines is 2. The Morgan fingerprint density at radius 1 is 0.742 bits per heavy atom. The molecule has 8 nitrogen and oxygen atoms in total. The van der Waals surface area contributed by atoms with Crippen molar-refractivity contribution >= 4 is 48.9 Å². The highest BCUT2D eigenvalue weighted by atomic mass is 35.5. The molecule has 0 aliphatic carbocycles. The average molecular weight is 480 g/mol. The van der Waals surface area contributed by atoms with Gasteiger partial charge in [0, 0.05) is 17.6 Å². The summed E-state index contributed by atoms with van der Waals surface area (Å²) in [4.78, 5) is 11.4. The van der Waals surface area contributed by atoms with E-state index in [1.807, 2.05) is 0 Å². The number of hydrogen-bond acceptors (Lipinski definition) is 5. The Kier molecular flexibility index (Phi) is 6.54. The van der Waals surface area contributed by atoms with E-state index in [0.29, 0.717) is 10.6 Å². The maximum atomic E-state index is 12.7. The molecule has 0 spiro atoms. The fourth-order valence-electron chi connectivity index (χ4n) is 2.64. The van der Waals surface area contributed by atoms with Crippen molar-refractivity contribution in [1.29, 1.82) is 0 Å². The number of halogens is 1. The second-order valence-electron chi connectivity index (χ2n) is 6.35. The number of hydrogen-bond donors (Lipinski definition) is 3. The Morgan fingerprint density at radius 3 is 1.87 bits per heavy atom. The standard InChI is InChI=1S/C20H18ClN3O5S2/c1-22-20(25)14-8-10-18(11-9-14)30(26,27)24-17-6-3-7-19(13-17)31(28,29)23-16-5-2-4-15(21)12-16/h2-13,23-24H,1H3,(H,22,25). The lowest BCUT2D eigenvalue weighted by molar-refractivity contribution is 0.0963. The van der Waals surface area contributed by atoms with Crippen LogP contribution < -0.4 is 14.8 Å². The van der Waals surface area contributed by atoms with E-state index in [1.54, 1.807) is 18.2 Å². The van der Waals surface area contributed by atoms with Crippen LogP contribution in [0.4, 0.5) is 11.4 Å². The topological polar surface area (TPSA) is 121 Å². The summed E-state index contributed by atoms with van der Waals surface area (Å²) in [5.41, 5.74) is 0.640. The molecule has 3 N–H and O–H groups in total. The van der Waals surface area contributed by atoms with E-state index >= 15 is 0 Å². The number of carbonyl (C=O) groups is 1. The van der Waals surface area contributed by atoms with Crippen LogP contribution in [0.15, 0.2) is 82.6 Å². The molecule has 0 radical (unpaired) electrons. The number of nitrogens with one attached hydrogen (secondary N) is 3. The van der Waals surface area contributed by atoms with E-state index in [0.717, 1.165) is 0 Å². The molecule has 3 aromatic rings. The maximum Gasteiger partial charge on any atom is 0.261 e. The highest BCUT2D eigenvalue weighted by molar-refractivity contribution is 7.93. The first-order valence-corrected chi connectivity index (χ1v) is 12.2. The molecule has 0 atom stereocenters. The highest BCUT2D eigenvalue weighted by Gasteiger charge is 2.18. The van der Waals surface area contributed by atoms with Gasteiger partial charge in [0.05, 0.1) is 21.2 Å². The summed E-state index contributed by atoms with van der Waals surface area (Å²) in [7, 11) is -6.51. The molecule has 0 unspecified atom stereocenters. The van der Waals surface area contributed by atoms with Crippen molar-refractivity contribution < 1.29 is 21.6 Å². The van der Waals surface area contributed by atoms with E-state index in [4.69, 9.17) is 11.6 Å². The molecule has 162 valence electrons. The number of carbonyl (C=O) groups excluding carboxylic acids is 1. The Morgan fingerprint density at radius 2 is 1.29 bits per heavy atom. The molecule has 11 heteroatoms. The van der Waals surface area contributed by atoms with Crippen LogP contribution >= 0.6 is 11.6 Å². The molecule has 1 amide bonds. The van der Waals surface area contributed by atoms with E-state index in [1.165, 1.54) is 61.6 Å². The van der Waals surface area contributed by atoms with Gasteiger partial charge >= 0.3 is 0 Å². The zero-order valence-corrected chi connectivity index (χ0v) is 18.6. The SMILES string of the molecule is CNC(=O)c1ccc(S(=O)(=O)Nc2cccc(S(=O)(=O)Nc3cccc(Cl)c3)c2)cc1. The Bertz CT molecular complexity index is 1320. The fraction of sp³-hybridized carbons (Fsp3) is 0.0500. The Balaban J connectivity index is 1.83. The third kappa shape index (κ3) is 5.54. The molecule has 0 aliphatic heterocycles. The van der Waals surface area contributed by atoms with Gasteiger partial charge in [0.1, 0.15) is 0 Å². The molecule has 0 saturated carbocycles. The number of benzene rings is 3. The summed E-state index contributed by atoms with van der Waals surface area (Å²) in [5.74, 6) is -0.345.